The van der Waals surface area contributed by atoms with Crippen LogP contribution in [0.3, 0.4) is 0 Å². The molecule has 0 saturated carbocycles. The molecular weight excluding hydrogens is 266 g/mol. The number of aliphatic hydroxyl groups is 1. The van der Waals surface area contributed by atoms with Gasteiger partial charge in [-0.2, -0.15) is 0 Å². The number of alkyl carbamates (subject to hydrolysis) is 1. The molecule has 2 N–H and O–H groups in total. The van der Waals surface area contributed by atoms with E-state index in [1.54, 1.807) is 0 Å². The second-order valence-electron chi connectivity index (χ2n) is 7.15. The molecule has 0 aliphatic heterocycles. The van der Waals surface area contributed by atoms with Gasteiger partial charge in [-0.1, -0.05) is 40.0 Å². The molecule has 0 aromatic rings. The minimum atomic E-state index is -0.494. The van der Waals surface area contributed by atoms with Crippen molar-refractivity contribution < 1.29 is 14.6 Å². The quantitative estimate of drug-likeness (QED) is 0.673. The molecule has 0 saturated heterocycles. The van der Waals surface area contributed by atoms with Crippen LogP contribution in [-0.4, -0.2) is 30.0 Å². The maximum Gasteiger partial charge on any atom is 0.407 e. The van der Waals surface area contributed by atoms with Crippen molar-refractivity contribution in [3.05, 3.63) is 0 Å². The van der Waals surface area contributed by atoms with Crippen molar-refractivity contribution in [3.63, 3.8) is 0 Å². The fourth-order valence-corrected chi connectivity index (χ4v) is 2.76. The van der Waals surface area contributed by atoms with Crippen molar-refractivity contribution in [1.29, 1.82) is 0 Å². The lowest BCUT2D eigenvalue weighted by Crippen LogP contribution is -2.43. The van der Waals surface area contributed by atoms with Crippen LogP contribution in [0.4, 0.5) is 4.79 Å². The summed E-state index contributed by atoms with van der Waals surface area (Å²) >= 11 is 0. The molecule has 0 rings (SSSR count). The highest BCUT2D eigenvalue weighted by atomic mass is 16.6. The maximum absolute atomic E-state index is 11.8. The van der Waals surface area contributed by atoms with E-state index in [2.05, 4.69) is 26.1 Å². The topological polar surface area (TPSA) is 58.6 Å². The van der Waals surface area contributed by atoms with Gasteiger partial charge in [0.05, 0.1) is 6.61 Å². The zero-order chi connectivity index (χ0) is 16.5. The number of hydrogen-bond acceptors (Lipinski definition) is 3. The van der Waals surface area contributed by atoms with Gasteiger partial charge in [0.2, 0.25) is 0 Å². The first kappa shape index (κ1) is 20.2. The molecule has 0 fully saturated rings. The molecule has 1 atom stereocenters. The van der Waals surface area contributed by atoms with E-state index in [-0.39, 0.29) is 12.0 Å². The van der Waals surface area contributed by atoms with Gasteiger partial charge in [-0.25, -0.2) is 4.79 Å². The van der Waals surface area contributed by atoms with Gasteiger partial charge in [0, 0.05) is 12.0 Å². The van der Waals surface area contributed by atoms with E-state index in [1.807, 2.05) is 20.8 Å². The van der Waals surface area contributed by atoms with Gasteiger partial charge in [-0.05, 0) is 39.5 Å². The van der Waals surface area contributed by atoms with E-state index in [1.165, 1.54) is 0 Å². The van der Waals surface area contributed by atoms with Crippen LogP contribution in [0.25, 0.3) is 0 Å². The summed E-state index contributed by atoms with van der Waals surface area (Å²) in [5, 5.41) is 12.7. The van der Waals surface area contributed by atoms with Crippen molar-refractivity contribution in [2.45, 2.75) is 79.2 Å². The van der Waals surface area contributed by atoms with Crippen molar-refractivity contribution in [2.24, 2.45) is 11.3 Å². The van der Waals surface area contributed by atoms with E-state index in [4.69, 9.17) is 4.74 Å². The Bertz CT molecular complexity index is 295. The van der Waals surface area contributed by atoms with E-state index in [0.717, 1.165) is 32.1 Å². The Balaban J connectivity index is 4.71. The van der Waals surface area contributed by atoms with Crippen LogP contribution in [0.15, 0.2) is 0 Å². The smallest absolute Gasteiger partial charge is 0.407 e. The number of ether oxygens (including phenoxy) is 1. The van der Waals surface area contributed by atoms with E-state index in [9.17, 15) is 9.90 Å². The molecule has 0 radical (unpaired) electrons. The highest BCUT2D eigenvalue weighted by Gasteiger charge is 2.32. The summed E-state index contributed by atoms with van der Waals surface area (Å²) < 4.78 is 5.28. The molecule has 0 spiro atoms. The Morgan fingerprint density at radius 1 is 1.19 bits per heavy atom. The largest absolute Gasteiger partial charge is 0.444 e. The van der Waals surface area contributed by atoms with Gasteiger partial charge in [0.15, 0.2) is 0 Å². The van der Waals surface area contributed by atoms with E-state index < -0.39 is 11.7 Å². The molecule has 21 heavy (non-hydrogen) atoms. The molecule has 0 aromatic heterocycles. The third kappa shape index (κ3) is 8.30. The number of rotatable bonds is 9. The molecule has 0 aliphatic carbocycles. The summed E-state index contributed by atoms with van der Waals surface area (Å²) in [5.41, 5.74) is -0.728. The highest BCUT2D eigenvalue weighted by molar-refractivity contribution is 5.67. The van der Waals surface area contributed by atoms with Gasteiger partial charge in [-0.3, -0.25) is 0 Å². The van der Waals surface area contributed by atoms with Crippen LogP contribution in [0, 0.1) is 11.3 Å². The second kappa shape index (κ2) is 9.29. The van der Waals surface area contributed by atoms with Gasteiger partial charge in [-0.15, -0.1) is 0 Å². The fraction of sp³-hybridized carbons (Fsp3) is 0.941. The number of amides is 1. The van der Waals surface area contributed by atoms with Crippen LogP contribution in [0.2, 0.25) is 0 Å². The number of carbonyl (C=O) groups excluding carboxylic acids is 1. The number of nitrogens with one attached hydrogen (secondary N) is 1. The highest BCUT2D eigenvalue weighted by Crippen LogP contribution is 2.33. The minimum absolute atomic E-state index is 0.104. The predicted molar refractivity (Wildman–Crippen MR) is 87.4 cm³/mol. The zero-order valence-electron chi connectivity index (χ0n) is 14.8. The van der Waals surface area contributed by atoms with Gasteiger partial charge in [0.1, 0.15) is 5.60 Å². The van der Waals surface area contributed by atoms with Gasteiger partial charge in [0.25, 0.3) is 0 Å². The van der Waals surface area contributed by atoms with Gasteiger partial charge < -0.3 is 15.2 Å². The summed E-state index contributed by atoms with van der Waals surface area (Å²) in [7, 11) is 0. The fourth-order valence-electron chi connectivity index (χ4n) is 2.76. The average Bonchev–Trinajstić information content (AvgIpc) is 2.40. The summed E-state index contributed by atoms with van der Waals surface area (Å²) in [5.74, 6) is 0.587. The molecule has 0 aromatic carbocycles. The van der Waals surface area contributed by atoms with Crippen LogP contribution < -0.4 is 5.32 Å². The van der Waals surface area contributed by atoms with Crippen molar-refractivity contribution >= 4 is 6.09 Å². The molecule has 1 amide bonds. The summed E-state index contributed by atoms with van der Waals surface area (Å²) in [6.45, 7) is 12.6. The molecule has 0 heterocycles. The Morgan fingerprint density at radius 3 is 2.14 bits per heavy atom. The van der Waals surface area contributed by atoms with Crippen molar-refractivity contribution in [3.8, 4) is 0 Å². The minimum Gasteiger partial charge on any atom is -0.444 e. The van der Waals surface area contributed by atoms with Gasteiger partial charge >= 0.3 is 6.09 Å². The first-order valence-corrected chi connectivity index (χ1v) is 8.29. The van der Waals surface area contributed by atoms with Crippen molar-refractivity contribution in [2.75, 3.05) is 13.2 Å². The van der Waals surface area contributed by atoms with E-state index >= 15 is 0 Å². The molecule has 1 unspecified atom stereocenters. The Hall–Kier alpha value is -0.770. The van der Waals surface area contributed by atoms with Crippen LogP contribution >= 0.6 is 0 Å². The normalized spacial score (nSPS) is 14.9. The number of aliphatic hydroxyl groups excluding tert-OH is 1. The molecule has 4 heteroatoms. The number of carbonyl (C=O) groups is 1. The van der Waals surface area contributed by atoms with Crippen LogP contribution in [0.1, 0.15) is 73.6 Å². The van der Waals surface area contributed by atoms with Crippen LogP contribution in [0.5, 0.6) is 0 Å². The molecule has 4 nitrogen and oxygen atoms in total. The Kier molecular flexibility index (Phi) is 8.95. The Labute approximate surface area is 130 Å². The third-order valence-electron chi connectivity index (χ3n) is 4.00. The molecular formula is C17H35NO3. The summed E-state index contributed by atoms with van der Waals surface area (Å²) in [6.07, 6.45) is 4.66. The first-order chi connectivity index (χ1) is 9.71. The standard InChI is InChI=1S/C17H35NO3/c1-7-10-17(13-19,11-14(8-2)9-3)12-18-15(20)21-16(4,5)6/h14,19H,7-13H2,1-6H3,(H,18,20). The average molecular weight is 301 g/mol. The SMILES string of the molecule is CCCC(CO)(CNC(=O)OC(C)(C)C)CC(CC)CC. The predicted octanol–water partition coefficient (Wildman–Crippen LogP) is 4.12. The summed E-state index contributed by atoms with van der Waals surface area (Å²) in [4.78, 5) is 11.8. The number of hydrogen-bond donors (Lipinski definition) is 2. The lowest BCUT2D eigenvalue weighted by atomic mass is 9.75. The van der Waals surface area contributed by atoms with Crippen molar-refractivity contribution in [1.82, 2.24) is 5.32 Å². The third-order valence-corrected chi connectivity index (χ3v) is 4.00. The Morgan fingerprint density at radius 2 is 1.76 bits per heavy atom. The lowest BCUT2D eigenvalue weighted by molar-refractivity contribution is 0.0413. The zero-order valence-corrected chi connectivity index (χ0v) is 14.8. The lowest BCUT2D eigenvalue weighted by Gasteiger charge is -2.35. The monoisotopic (exact) mass is 301 g/mol. The molecule has 0 bridgehead atoms. The molecule has 0 aliphatic rings. The van der Waals surface area contributed by atoms with E-state index in [0.29, 0.717) is 12.5 Å². The first-order valence-electron chi connectivity index (χ1n) is 8.29. The van der Waals surface area contributed by atoms with Crippen LogP contribution in [-0.2, 0) is 4.74 Å². The second-order valence-corrected chi connectivity index (χ2v) is 7.15. The maximum atomic E-state index is 11.8. The molecule has 126 valence electrons. The summed E-state index contributed by atoms with van der Waals surface area (Å²) in [6, 6.07) is 0.